The minimum absolute atomic E-state index is 0.105. The maximum absolute atomic E-state index is 12.0. The SMILES string of the molecule is Cc1c(Cl)cccc1N(CCNC(=O)C(C)C)S(C)(=O)=O. The van der Waals surface area contributed by atoms with Gasteiger partial charge in [-0.3, -0.25) is 9.10 Å². The smallest absolute Gasteiger partial charge is 0.232 e. The highest BCUT2D eigenvalue weighted by atomic mass is 35.5. The van der Waals surface area contributed by atoms with E-state index in [1.807, 2.05) is 0 Å². The Bertz CT molecular complexity index is 615. The van der Waals surface area contributed by atoms with E-state index in [-0.39, 0.29) is 24.9 Å². The van der Waals surface area contributed by atoms with Gasteiger partial charge in [-0.05, 0) is 24.6 Å². The molecule has 0 unspecified atom stereocenters. The van der Waals surface area contributed by atoms with Crippen LogP contribution in [-0.4, -0.2) is 33.7 Å². The second kappa shape index (κ2) is 7.13. The summed E-state index contributed by atoms with van der Waals surface area (Å²) in [6, 6.07) is 5.11. The van der Waals surface area contributed by atoms with Crippen molar-refractivity contribution in [2.75, 3.05) is 23.7 Å². The fourth-order valence-corrected chi connectivity index (χ4v) is 2.96. The van der Waals surface area contributed by atoms with Crippen LogP contribution in [0.2, 0.25) is 5.02 Å². The molecule has 0 bridgehead atoms. The Kier molecular flexibility index (Phi) is 6.04. The summed E-state index contributed by atoms with van der Waals surface area (Å²) in [7, 11) is -3.45. The van der Waals surface area contributed by atoms with Gasteiger partial charge in [0.15, 0.2) is 0 Å². The number of benzene rings is 1. The van der Waals surface area contributed by atoms with E-state index < -0.39 is 10.0 Å². The monoisotopic (exact) mass is 332 g/mol. The van der Waals surface area contributed by atoms with Gasteiger partial charge in [-0.1, -0.05) is 31.5 Å². The Hall–Kier alpha value is -1.27. The molecule has 0 aliphatic heterocycles. The molecular weight excluding hydrogens is 312 g/mol. The average molecular weight is 333 g/mol. The zero-order valence-corrected chi connectivity index (χ0v) is 14.3. The second-order valence-corrected chi connectivity index (χ2v) is 7.48. The molecule has 0 fully saturated rings. The highest BCUT2D eigenvalue weighted by Gasteiger charge is 2.20. The Balaban J connectivity index is 2.93. The van der Waals surface area contributed by atoms with Gasteiger partial charge in [0.25, 0.3) is 0 Å². The maximum Gasteiger partial charge on any atom is 0.232 e. The summed E-state index contributed by atoms with van der Waals surface area (Å²) in [4.78, 5) is 11.5. The number of nitrogens with zero attached hydrogens (tertiary/aromatic N) is 1. The first-order valence-electron chi connectivity index (χ1n) is 6.65. The third kappa shape index (κ3) is 4.89. The fourth-order valence-electron chi connectivity index (χ4n) is 1.82. The average Bonchev–Trinajstić information content (AvgIpc) is 2.37. The van der Waals surface area contributed by atoms with Crippen LogP contribution in [0, 0.1) is 12.8 Å². The largest absolute Gasteiger partial charge is 0.354 e. The minimum Gasteiger partial charge on any atom is -0.354 e. The van der Waals surface area contributed by atoms with Gasteiger partial charge in [0.05, 0.1) is 18.5 Å². The molecule has 0 heterocycles. The summed E-state index contributed by atoms with van der Waals surface area (Å²) in [5.41, 5.74) is 1.23. The maximum atomic E-state index is 12.0. The van der Waals surface area contributed by atoms with E-state index in [1.165, 1.54) is 4.31 Å². The van der Waals surface area contributed by atoms with E-state index in [4.69, 9.17) is 11.6 Å². The van der Waals surface area contributed by atoms with Crippen LogP contribution in [-0.2, 0) is 14.8 Å². The third-order valence-corrected chi connectivity index (χ3v) is 4.64. The van der Waals surface area contributed by atoms with Crippen molar-refractivity contribution in [2.45, 2.75) is 20.8 Å². The van der Waals surface area contributed by atoms with Gasteiger partial charge in [0.1, 0.15) is 0 Å². The lowest BCUT2D eigenvalue weighted by Gasteiger charge is -2.24. The number of carbonyl (C=O) groups excluding carboxylic acids is 1. The van der Waals surface area contributed by atoms with E-state index in [0.717, 1.165) is 6.26 Å². The first-order valence-corrected chi connectivity index (χ1v) is 8.87. The molecule has 1 aromatic carbocycles. The van der Waals surface area contributed by atoms with Crippen molar-refractivity contribution in [2.24, 2.45) is 5.92 Å². The Labute approximate surface area is 131 Å². The third-order valence-electron chi connectivity index (χ3n) is 3.05. The molecule has 1 N–H and O–H groups in total. The van der Waals surface area contributed by atoms with Crippen LogP contribution in [0.1, 0.15) is 19.4 Å². The second-order valence-electron chi connectivity index (χ2n) is 5.16. The molecule has 0 spiro atoms. The lowest BCUT2D eigenvalue weighted by Crippen LogP contribution is -2.39. The van der Waals surface area contributed by atoms with Crippen molar-refractivity contribution >= 4 is 33.2 Å². The molecule has 0 aliphatic rings. The summed E-state index contributed by atoms with van der Waals surface area (Å²) in [5.74, 6) is -0.240. The lowest BCUT2D eigenvalue weighted by molar-refractivity contribution is -0.123. The quantitative estimate of drug-likeness (QED) is 0.868. The van der Waals surface area contributed by atoms with E-state index >= 15 is 0 Å². The molecule has 0 aromatic heterocycles. The van der Waals surface area contributed by atoms with Gasteiger partial charge in [-0.15, -0.1) is 0 Å². The van der Waals surface area contributed by atoms with Crippen LogP contribution in [0.5, 0.6) is 0 Å². The highest BCUT2D eigenvalue weighted by molar-refractivity contribution is 7.92. The number of sulfonamides is 1. The van der Waals surface area contributed by atoms with Crippen LogP contribution in [0.15, 0.2) is 18.2 Å². The number of nitrogens with one attached hydrogen (secondary N) is 1. The topological polar surface area (TPSA) is 66.5 Å². The van der Waals surface area contributed by atoms with Crippen LogP contribution in [0.4, 0.5) is 5.69 Å². The summed E-state index contributed by atoms with van der Waals surface area (Å²) < 4.78 is 25.2. The van der Waals surface area contributed by atoms with Gasteiger partial charge in [-0.2, -0.15) is 0 Å². The molecular formula is C14H21ClN2O3S. The molecule has 0 atom stereocenters. The van der Waals surface area contributed by atoms with E-state index in [2.05, 4.69) is 5.32 Å². The van der Waals surface area contributed by atoms with Gasteiger partial charge in [0, 0.05) is 17.5 Å². The standard InChI is InChI=1S/C14H21ClN2O3S/c1-10(2)14(18)16-8-9-17(21(4,19)20)13-7-5-6-12(15)11(13)3/h5-7,10H,8-9H2,1-4H3,(H,16,18). The molecule has 0 radical (unpaired) electrons. The molecule has 118 valence electrons. The minimum atomic E-state index is -3.45. The van der Waals surface area contributed by atoms with Crippen molar-refractivity contribution in [3.8, 4) is 0 Å². The molecule has 21 heavy (non-hydrogen) atoms. The summed E-state index contributed by atoms with van der Waals surface area (Å²) in [6.07, 6.45) is 1.14. The summed E-state index contributed by atoms with van der Waals surface area (Å²) in [6.45, 7) is 5.74. The van der Waals surface area contributed by atoms with Crippen LogP contribution >= 0.6 is 11.6 Å². The van der Waals surface area contributed by atoms with E-state index in [0.29, 0.717) is 16.3 Å². The van der Waals surface area contributed by atoms with Gasteiger partial charge in [-0.25, -0.2) is 8.42 Å². The Morgan fingerprint density at radius 1 is 1.38 bits per heavy atom. The van der Waals surface area contributed by atoms with Gasteiger partial charge in [0.2, 0.25) is 15.9 Å². The van der Waals surface area contributed by atoms with E-state index in [9.17, 15) is 13.2 Å². The summed E-state index contributed by atoms with van der Waals surface area (Å²) >= 11 is 6.04. The number of carbonyl (C=O) groups is 1. The number of rotatable bonds is 6. The molecule has 1 aromatic rings. The molecule has 0 saturated heterocycles. The predicted octanol–water partition coefficient (Wildman–Crippen LogP) is 2.19. The van der Waals surface area contributed by atoms with Crippen LogP contribution in [0.25, 0.3) is 0 Å². The lowest BCUT2D eigenvalue weighted by atomic mass is 10.2. The van der Waals surface area contributed by atoms with Crippen LogP contribution in [0.3, 0.4) is 0 Å². The molecule has 7 heteroatoms. The van der Waals surface area contributed by atoms with Gasteiger partial charge < -0.3 is 5.32 Å². The molecule has 1 rings (SSSR count). The van der Waals surface area contributed by atoms with Crippen LogP contribution < -0.4 is 9.62 Å². The number of halogens is 1. The number of anilines is 1. The molecule has 5 nitrogen and oxygen atoms in total. The first kappa shape index (κ1) is 17.8. The van der Waals surface area contributed by atoms with Crippen molar-refractivity contribution < 1.29 is 13.2 Å². The zero-order valence-electron chi connectivity index (χ0n) is 12.7. The molecule has 0 saturated carbocycles. The molecule has 1 amide bonds. The first-order chi connectivity index (χ1) is 9.64. The highest BCUT2D eigenvalue weighted by Crippen LogP contribution is 2.27. The van der Waals surface area contributed by atoms with Crippen molar-refractivity contribution in [1.29, 1.82) is 0 Å². The molecule has 0 aliphatic carbocycles. The van der Waals surface area contributed by atoms with Crippen molar-refractivity contribution in [3.63, 3.8) is 0 Å². The van der Waals surface area contributed by atoms with Crippen molar-refractivity contribution in [1.82, 2.24) is 5.32 Å². The zero-order chi connectivity index (χ0) is 16.2. The Morgan fingerprint density at radius 2 is 2.00 bits per heavy atom. The van der Waals surface area contributed by atoms with Crippen molar-refractivity contribution in [3.05, 3.63) is 28.8 Å². The Morgan fingerprint density at radius 3 is 2.52 bits per heavy atom. The number of hydrogen-bond acceptors (Lipinski definition) is 3. The fraction of sp³-hybridized carbons (Fsp3) is 0.500. The number of hydrogen-bond donors (Lipinski definition) is 1. The van der Waals surface area contributed by atoms with Gasteiger partial charge >= 0.3 is 0 Å². The predicted molar refractivity (Wildman–Crippen MR) is 86.2 cm³/mol. The van der Waals surface area contributed by atoms with E-state index in [1.54, 1.807) is 39.0 Å². The summed E-state index contributed by atoms with van der Waals surface area (Å²) in [5, 5.41) is 3.22. The normalized spacial score (nSPS) is 11.5. The number of amides is 1.